The number of aromatic amines is 1. The fourth-order valence-electron chi connectivity index (χ4n) is 3.24. The van der Waals surface area contributed by atoms with Crippen molar-refractivity contribution in [3.8, 4) is 17.1 Å². The number of thioether (sulfide) groups is 1. The zero-order valence-electron chi connectivity index (χ0n) is 18.4. The minimum Gasteiger partial charge on any atom is -0.492 e. The third kappa shape index (κ3) is 5.32. The van der Waals surface area contributed by atoms with Gasteiger partial charge in [-0.25, -0.2) is 13.4 Å². The van der Waals surface area contributed by atoms with Crippen LogP contribution in [0, 0.1) is 0 Å². The molecule has 0 saturated heterocycles. The van der Waals surface area contributed by atoms with Gasteiger partial charge in [-0.1, -0.05) is 72.4 Å². The molecular weight excluding hydrogens is 470 g/mol. The van der Waals surface area contributed by atoms with E-state index in [0.717, 1.165) is 17.3 Å². The number of hydrogen-bond donors (Lipinski definition) is 2. The smallest absolute Gasteiger partial charge is 0.234 e. The summed E-state index contributed by atoms with van der Waals surface area (Å²) in [5.41, 5.74) is 1.30. The summed E-state index contributed by atoms with van der Waals surface area (Å²) in [4.78, 5) is 20.3. The van der Waals surface area contributed by atoms with Crippen LogP contribution in [0.25, 0.3) is 11.4 Å². The predicted octanol–water partition coefficient (Wildman–Crippen LogP) is 5.04. The van der Waals surface area contributed by atoms with Crippen LogP contribution in [0.5, 0.6) is 5.75 Å². The van der Waals surface area contributed by atoms with Gasteiger partial charge in [0.2, 0.25) is 15.7 Å². The monoisotopic (exact) mass is 493 g/mol. The Morgan fingerprint density at radius 1 is 0.971 bits per heavy atom. The van der Waals surface area contributed by atoms with Crippen molar-refractivity contribution in [3.63, 3.8) is 0 Å². The minimum absolute atomic E-state index is 0.0309. The highest BCUT2D eigenvalue weighted by Gasteiger charge is 2.26. The van der Waals surface area contributed by atoms with E-state index in [9.17, 15) is 13.2 Å². The summed E-state index contributed by atoms with van der Waals surface area (Å²) >= 11 is 1.06. The van der Waals surface area contributed by atoms with Gasteiger partial charge in [0.25, 0.3) is 0 Å². The molecule has 2 N–H and O–H groups in total. The molecule has 9 heteroatoms. The lowest BCUT2D eigenvalue weighted by molar-refractivity contribution is -0.113. The molecular formula is C25H23N3O4S2. The van der Waals surface area contributed by atoms with E-state index < -0.39 is 9.84 Å². The van der Waals surface area contributed by atoms with Crippen molar-refractivity contribution in [1.82, 2.24) is 9.97 Å². The Morgan fingerprint density at radius 3 is 2.32 bits per heavy atom. The number of H-pyrrole nitrogens is 1. The molecule has 4 rings (SSSR count). The number of anilines is 1. The van der Waals surface area contributed by atoms with Gasteiger partial charge < -0.3 is 15.0 Å². The van der Waals surface area contributed by atoms with Gasteiger partial charge in [0.15, 0.2) is 5.03 Å². The fraction of sp³-hybridized carbons (Fsp3) is 0.120. The molecule has 1 aromatic heterocycles. The third-order valence-corrected chi connectivity index (χ3v) is 7.64. The van der Waals surface area contributed by atoms with Crippen molar-refractivity contribution in [3.05, 3.63) is 84.9 Å². The summed E-state index contributed by atoms with van der Waals surface area (Å²) in [7, 11) is -3.87. The molecule has 34 heavy (non-hydrogen) atoms. The molecule has 0 spiro atoms. The number of aromatic nitrogens is 2. The zero-order valence-corrected chi connectivity index (χ0v) is 20.0. The highest BCUT2D eigenvalue weighted by atomic mass is 32.2. The first-order valence-corrected chi connectivity index (χ1v) is 13.1. The van der Waals surface area contributed by atoms with E-state index in [1.807, 2.05) is 43.3 Å². The van der Waals surface area contributed by atoms with Crippen molar-refractivity contribution in [2.45, 2.75) is 21.9 Å². The number of imidazole rings is 1. The number of carbonyl (C=O) groups excluding carboxylic acids is 1. The SMILES string of the molecule is CCOc1ccccc1NC(=O)CSc1nc(-c2ccccc2)[nH]c1S(=O)(=O)c1ccccc1. The van der Waals surface area contributed by atoms with Gasteiger partial charge in [0.05, 0.1) is 22.9 Å². The van der Waals surface area contributed by atoms with Crippen LogP contribution in [0.15, 0.2) is 99.9 Å². The Hall–Kier alpha value is -3.56. The molecule has 0 aliphatic rings. The summed E-state index contributed by atoms with van der Waals surface area (Å²) in [5, 5.41) is 3.02. The molecule has 0 aliphatic carbocycles. The van der Waals surface area contributed by atoms with E-state index in [0.29, 0.717) is 23.9 Å². The van der Waals surface area contributed by atoms with E-state index in [-0.39, 0.29) is 26.6 Å². The standard InChI is InChI=1S/C25H23N3O4S2/c1-2-32-21-16-10-9-15-20(21)26-22(29)17-33-24-25(34(30,31)19-13-7-4-8-14-19)28-23(27-24)18-11-5-3-6-12-18/h3-16H,2,17H2,1H3,(H,26,29)(H,27,28). The number of nitrogens with one attached hydrogen (secondary N) is 2. The number of ether oxygens (including phenoxy) is 1. The Kier molecular flexibility index (Phi) is 7.34. The molecule has 0 unspecified atom stereocenters. The first kappa shape index (κ1) is 23.6. The van der Waals surface area contributed by atoms with Gasteiger partial charge >= 0.3 is 0 Å². The van der Waals surface area contributed by atoms with E-state index in [2.05, 4.69) is 15.3 Å². The second kappa shape index (κ2) is 10.6. The van der Waals surface area contributed by atoms with Crippen LogP contribution < -0.4 is 10.1 Å². The van der Waals surface area contributed by atoms with Gasteiger partial charge in [-0.3, -0.25) is 4.79 Å². The molecule has 1 amide bonds. The highest BCUT2D eigenvalue weighted by molar-refractivity contribution is 8.00. The van der Waals surface area contributed by atoms with Gasteiger partial charge in [-0.05, 0) is 31.2 Å². The van der Waals surface area contributed by atoms with Crippen LogP contribution in [0.3, 0.4) is 0 Å². The number of sulfone groups is 1. The Bertz CT molecular complexity index is 1370. The quantitative estimate of drug-likeness (QED) is 0.317. The van der Waals surface area contributed by atoms with E-state index in [1.54, 1.807) is 36.4 Å². The van der Waals surface area contributed by atoms with Crippen LogP contribution in [0.2, 0.25) is 0 Å². The molecule has 0 saturated carbocycles. The lowest BCUT2D eigenvalue weighted by Crippen LogP contribution is -2.15. The Labute approximate surface area is 202 Å². The maximum atomic E-state index is 13.3. The van der Waals surface area contributed by atoms with Gasteiger partial charge in [0, 0.05) is 5.56 Å². The predicted molar refractivity (Wildman–Crippen MR) is 133 cm³/mol. The summed E-state index contributed by atoms with van der Waals surface area (Å²) in [6.07, 6.45) is 0. The molecule has 3 aromatic carbocycles. The van der Waals surface area contributed by atoms with Gasteiger partial charge in [0.1, 0.15) is 16.6 Å². The number of nitrogens with zero attached hydrogens (tertiary/aromatic N) is 1. The second-order valence-electron chi connectivity index (χ2n) is 7.17. The average molecular weight is 494 g/mol. The molecule has 0 fully saturated rings. The lowest BCUT2D eigenvalue weighted by atomic mass is 10.2. The summed E-state index contributed by atoms with van der Waals surface area (Å²) < 4.78 is 32.2. The van der Waals surface area contributed by atoms with Crippen molar-refractivity contribution in [2.75, 3.05) is 17.7 Å². The molecule has 4 aromatic rings. The van der Waals surface area contributed by atoms with Crippen LogP contribution >= 0.6 is 11.8 Å². The van der Waals surface area contributed by atoms with E-state index in [1.165, 1.54) is 12.1 Å². The van der Waals surface area contributed by atoms with E-state index in [4.69, 9.17) is 4.74 Å². The highest BCUT2D eigenvalue weighted by Crippen LogP contribution is 2.32. The number of amides is 1. The maximum absolute atomic E-state index is 13.3. The third-order valence-electron chi connectivity index (χ3n) is 4.81. The Morgan fingerprint density at radius 2 is 1.62 bits per heavy atom. The normalized spacial score (nSPS) is 11.2. The molecule has 174 valence electrons. The number of para-hydroxylation sites is 2. The molecule has 1 heterocycles. The van der Waals surface area contributed by atoms with Crippen molar-refractivity contribution >= 4 is 33.2 Å². The number of rotatable bonds is 9. The van der Waals surface area contributed by atoms with Crippen molar-refractivity contribution in [1.29, 1.82) is 0 Å². The van der Waals surface area contributed by atoms with E-state index >= 15 is 0 Å². The first-order chi connectivity index (χ1) is 16.5. The van der Waals surface area contributed by atoms with Crippen molar-refractivity contribution < 1.29 is 17.9 Å². The van der Waals surface area contributed by atoms with Crippen LogP contribution in [-0.4, -0.2) is 36.7 Å². The summed E-state index contributed by atoms with van der Waals surface area (Å²) in [6.45, 7) is 2.34. The zero-order chi connectivity index (χ0) is 24.0. The minimum atomic E-state index is -3.87. The summed E-state index contributed by atoms with van der Waals surface area (Å²) in [6, 6.07) is 24.5. The largest absolute Gasteiger partial charge is 0.492 e. The first-order valence-electron chi connectivity index (χ1n) is 10.6. The fourth-order valence-corrected chi connectivity index (χ4v) is 5.68. The van der Waals surface area contributed by atoms with Gasteiger partial charge in [-0.15, -0.1) is 0 Å². The summed E-state index contributed by atoms with van der Waals surface area (Å²) in [5.74, 6) is 0.655. The lowest BCUT2D eigenvalue weighted by Gasteiger charge is -2.11. The molecule has 0 aliphatic heterocycles. The topological polar surface area (TPSA) is 101 Å². The molecule has 0 radical (unpaired) electrons. The molecule has 7 nitrogen and oxygen atoms in total. The second-order valence-corrected chi connectivity index (χ2v) is 10.0. The number of hydrogen-bond acceptors (Lipinski definition) is 6. The molecule has 0 atom stereocenters. The number of carbonyl (C=O) groups is 1. The van der Waals surface area contributed by atoms with Crippen molar-refractivity contribution in [2.24, 2.45) is 0 Å². The maximum Gasteiger partial charge on any atom is 0.234 e. The average Bonchev–Trinajstić information content (AvgIpc) is 3.31. The van der Waals surface area contributed by atoms with Crippen LogP contribution in [0.4, 0.5) is 5.69 Å². The van der Waals surface area contributed by atoms with Crippen LogP contribution in [-0.2, 0) is 14.6 Å². The molecule has 0 bridgehead atoms. The Balaban J connectivity index is 1.61. The number of benzene rings is 3. The van der Waals surface area contributed by atoms with Crippen LogP contribution in [0.1, 0.15) is 6.92 Å². The van der Waals surface area contributed by atoms with Gasteiger partial charge in [-0.2, -0.15) is 0 Å².